The molecule has 0 aliphatic heterocycles. The van der Waals surface area contributed by atoms with Gasteiger partial charge < -0.3 is 14.6 Å². The zero-order valence-electron chi connectivity index (χ0n) is 8.61. The molecule has 1 N–H and O–H groups in total. The summed E-state index contributed by atoms with van der Waals surface area (Å²) in [7, 11) is 1.42. The zero-order valence-corrected chi connectivity index (χ0v) is 8.61. The standard InChI is InChI=1S/C11H12O4/c1-7(2)11(13)15-9-5-4-8(12)6-10(9)14-3/h4-6,12H,1H2,2-3H3. The van der Waals surface area contributed by atoms with Crippen LogP contribution >= 0.6 is 0 Å². The van der Waals surface area contributed by atoms with Gasteiger partial charge in [0.15, 0.2) is 11.5 Å². The lowest BCUT2D eigenvalue weighted by atomic mass is 10.3. The average Bonchev–Trinajstić information content (AvgIpc) is 2.20. The molecule has 1 aromatic carbocycles. The van der Waals surface area contributed by atoms with Gasteiger partial charge in [0.25, 0.3) is 0 Å². The Morgan fingerprint density at radius 3 is 2.60 bits per heavy atom. The minimum Gasteiger partial charge on any atom is -0.508 e. The number of hydrogen-bond acceptors (Lipinski definition) is 4. The van der Waals surface area contributed by atoms with Crippen LogP contribution in [0, 0.1) is 0 Å². The number of benzene rings is 1. The molecule has 0 spiro atoms. The summed E-state index contributed by atoms with van der Waals surface area (Å²) in [6, 6.07) is 4.22. The van der Waals surface area contributed by atoms with Crippen molar-refractivity contribution < 1.29 is 19.4 Å². The number of phenolic OH excluding ortho intramolecular Hbond substituents is 1. The van der Waals surface area contributed by atoms with Gasteiger partial charge in [0.05, 0.1) is 7.11 Å². The van der Waals surface area contributed by atoms with Crippen LogP contribution in [0.25, 0.3) is 0 Å². The summed E-state index contributed by atoms with van der Waals surface area (Å²) >= 11 is 0. The van der Waals surface area contributed by atoms with Gasteiger partial charge >= 0.3 is 5.97 Å². The lowest BCUT2D eigenvalue weighted by Gasteiger charge is -2.08. The number of aromatic hydroxyl groups is 1. The van der Waals surface area contributed by atoms with Gasteiger partial charge in [-0.2, -0.15) is 0 Å². The number of phenols is 1. The van der Waals surface area contributed by atoms with Crippen LogP contribution < -0.4 is 9.47 Å². The first-order chi connectivity index (χ1) is 7.04. The maximum Gasteiger partial charge on any atom is 0.338 e. The van der Waals surface area contributed by atoms with E-state index in [2.05, 4.69) is 6.58 Å². The van der Waals surface area contributed by atoms with Crippen LogP contribution in [0.1, 0.15) is 6.92 Å². The molecule has 0 aliphatic rings. The van der Waals surface area contributed by atoms with Crippen LogP contribution in [-0.2, 0) is 4.79 Å². The van der Waals surface area contributed by atoms with Crippen molar-refractivity contribution in [2.45, 2.75) is 6.92 Å². The van der Waals surface area contributed by atoms with Gasteiger partial charge in [-0.1, -0.05) is 6.58 Å². The number of carbonyl (C=O) groups excluding carboxylic acids is 1. The molecule has 4 nitrogen and oxygen atoms in total. The molecule has 0 bridgehead atoms. The summed E-state index contributed by atoms with van der Waals surface area (Å²) in [6.45, 7) is 5.01. The lowest BCUT2D eigenvalue weighted by molar-refractivity contribution is -0.130. The molecule has 0 amide bonds. The number of hydrogen-bond donors (Lipinski definition) is 1. The second-order valence-electron chi connectivity index (χ2n) is 3.01. The smallest absolute Gasteiger partial charge is 0.338 e. The quantitative estimate of drug-likeness (QED) is 0.468. The van der Waals surface area contributed by atoms with E-state index in [4.69, 9.17) is 9.47 Å². The third-order valence-electron chi connectivity index (χ3n) is 1.70. The molecule has 0 radical (unpaired) electrons. The molecule has 0 atom stereocenters. The van der Waals surface area contributed by atoms with E-state index in [0.29, 0.717) is 11.3 Å². The van der Waals surface area contributed by atoms with E-state index in [9.17, 15) is 9.90 Å². The van der Waals surface area contributed by atoms with E-state index in [0.717, 1.165) is 0 Å². The maximum atomic E-state index is 11.2. The highest BCUT2D eigenvalue weighted by molar-refractivity contribution is 5.89. The second kappa shape index (κ2) is 4.50. The largest absolute Gasteiger partial charge is 0.508 e. The molecule has 0 fully saturated rings. The van der Waals surface area contributed by atoms with Crippen molar-refractivity contribution >= 4 is 5.97 Å². The molecule has 15 heavy (non-hydrogen) atoms. The Balaban J connectivity index is 2.94. The van der Waals surface area contributed by atoms with Gasteiger partial charge in [-0.05, 0) is 19.1 Å². The van der Waals surface area contributed by atoms with Crippen molar-refractivity contribution in [3.8, 4) is 17.2 Å². The fraction of sp³-hybridized carbons (Fsp3) is 0.182. The normalized spacial score (nSPS) is 9.47. The third-order valence-corrected chi connectivity index (χ3v) is 1.70. The molecule has 0 heterocycles. The number of carbonyl (C=O) groups is 1. The fourth-order valence-electron chi connectivity index (χ4n) is 0.928. The van der Waals surface area contributed by atoms with E-state index >= 15 is 0 Å². The fourth-order valence-corrected chi connectivity index (χ4v) is 0.928. The van der Waals surface area contributed by atoms with Crippen LogP contribution in [0.4, 0.5) is 0 Å². The van der Waals surface area contributed by atoms with Gasteiger partial charge in [-0.3, -0.25) is 0 Å². The van der Waals surface area contributed by atoms with Crippen LogP contribution in [0.15, 0.2) is 30.4 Å². The molecule has 0 aliphatic carbocycles. The highest BCUT2D eigenvalue weighted by atomic mass is 16.6. The summed E-state index contributed by atoms with van der Waals surface area (Å²) < 4.78 is 9.92. The minimum atomic E-state index is -0.529. The summed E-state index contributed by atoms with van der Waals surface area (Å²) in [5, 5.41) is 9.17. The zero-order chi connectivity index (χ0) is 11.4. The van der Waals surface area contributed by atoms with E-state index < -0.39 is 5.97 Å². The van der Waals surface area contributed by atoms with Gasteiger partial charge in [0.1, 0.15) is 5.75 Å². The Morgan fingerprint density at radius 2 is 2.07 bits per heavy atom. The van der Waals surface area contributed by atoms with Gasteiger partial charge in [-0.25, -0.2) is 4.79 Å². The van der Waals surface area contributed by atoms with Crippen LogP contribution in [-0.4, -0.2) is 18.2 Å². The predicted octanol–water partition coefficient (Wildman–Crippen LogP) is 1.88. The first-order valence-corrected chi connectivity index (χ1v) is 4.29. The van der Waals surface area contributed by atoms with Crippen molar-refractivity contribution in [2.75, 3.05) is 7.11 Å². The summed E-state index contributed by atoms with van der Waals surface area (Å²) in [5.74, 6) is 0.0638. The Hall–Kier alpha value is -1.97. The molecule has 0 saturated heterocycles. The highest BCUT2D eigenvalue weighted by Crippen LogP contribution is 2.30. The Morgan fingerprint density at radius 1 is 1.40 bits per heavy atom. The minimum absolute atomic E-state index is 0.0435. The lowest BCUT2D eigenvalue weighted by Crippen LogP contribution is -2.08. The maximum absolute atomic E-state index is 11.2. The van der Waals surface area contributed by atoms with E-state index in [-0.39, 0.29) is 11.5 Å². The summed E-state index contributed by atoms with van der Waals surface area (Å²) in [4.78, 5) is 11.2. The molecule has 0 aromatic heterocycles. The van der Waals surface area contributed by atoms with Crippen LogP contribution in [0.3, 0.4) is 0 Å². The van der Waals surface area contributed by atoms with Gasteiger partial charge in [0, 0.05) is 11.6 Å². The molecule has 0 unspecified atom stereocenters. The molecular formula is C11H12O4. The predicted molar refractivity (Wildman–Crippen MR) is 55.1 cm³/mol. The van der Waals surface area contributed by atoms with Crippen LogP contribution in [0.2, 0.25) is 0 Å². The molecule has 1 aromatic rings. The Kier molecular flexibility index (Phi) is 3.33. The summed E-state index contributed by atoms with van der Waals surface area (Å²) in [6.07, 6.45) is 0. The Bertz CT molecular complexity index is 396. The molecular weight excluding hydrogens is 196 g/mol. The number of methoxy groups -OCH3 is 1. The second-order valence-corrected chi connectivity index (χ2v) is 3.01. The topological polar surface area (TPSA) is 55.8 Å². The first-order valence-electron chi connectivity index (χ1n) is 4.29. The molecule has 80 valence electrons. The molecule has 1 rings (SSSR count). The van der Waals surface area contributed by atoms with Gasteiger partial charge in [0.2, 0.25) is 0 Å². The third kappa shape index (κ3) is 2.74. The highest BCUT2D eigenvalue weighted by Gasteiger charge is 2.10. The SMILES string of the molecule is C=C(C)C(=O)Oc1ccc(O)cc1OC. The Labute approximate surface area is 87.7 Å². The van der Waals surface area contributed by atoms with E-state index in [1.165, 1.54) is 25.3 Å². The van der Waals surface area contributed by atoms with Crippen molar-refractivity contribution in [1.82, 2.24) is 0 Å². The van der Waals surface area contributed by atoms with Crippen molar-refractivity contribution in [3.63, 3.8) is 0 Å². The monoisotopic (exact) mass is 208 g/mol. The van der Waals surface area contributed by atoms with Crippen molar-refractivity contribution in [3.05, 3.63) is 30.4 Å². The first kappa shape index (κ1) is 11.1. The molecule has 4 heteroatoms. The average molecular weight is 208 g/mol. The number of rotatable bonds is 3. The van der Waals surface area contributed by atoms with E-state index in [1.807, 2.05) is 0 Å². The van der Waals surface area contributed by atoms with Crippen molar-refractivity contribution in [2.24, 2.45) is 0 Å². The number of ether oxygens (including phenoxy) is 2. The number of esters is 1. The van der Waals surface area contributed by atoms with Gasteiger partial charge in [-0.15, -0.1) is 0 Å². The summed E-state index contributed by atoms with van der Waals surface area (Å²) in [5.41, 5.74) is 0.296. The van der Waals surface area contributed by atoms with Crippen molar-refractivity contribution in [1.29, 1.82) is 0 Å². The molecule has 0 saturated carbocycles. The van der Waals surface area contributed by atoms with Crippen LogP contribution in [0.5, 0.6) is 17.2 Å². The van der Waals surface area contributed by atoms with E-state index in [1.54, 1.807) is 6.92 Å².